The maximum Gasteiger partial charge on any atom is 0.137 e. The Morgan fingerprint density at radius 2 is 0.734 bits per heavy atom. The molecule has 4 heteroatoms. The molecule has 4 nitrogen and oxygen atoms in total. The fourth-order valence-electron chi connectivity index (χ4n) is 10.6. The van der Waals surface area contributed by atoms with Crippen molar-refractivity contribution in [3.8, 4) is 39.3 Å². The molecule has 0 atom stereocenters. The molecule has 14 rings (SSSR count). The lowest BCUT2D eigenvalue weighted by Gasteiger charge is -2.13. The largest absolute Gasteiger partial charge is 0.456 e. The molecule has 14 aromatic rings. The minimum absolute atomic E-state index is 0.868. The lowest BCUT2D eigenvalue weighted by molar-refractivity contribution is 0.669. The molecule has 0 spiro atoms. The Hall–Kier alpha value is -8.60. The van der Waals surface area contributed by atoms with E-state index in [4.69, 9.17) is 4.42 Å². The third-order valence-electron chi connectivity index (χ3n) is 13.4. The van der Waals surface area contributed by atoms with Gasteiger partial charge in [0.15, 0.2) is 0 Å². The van der Waals surface area contributed by atoms with E-state index in [9.17, 15) is 0 Å². The molecule has 0 aliphatic heterocycles. The Balaban J connectivity index is 0.965. The van der Waals surface area contributed by atoms with Crippen molar-refractivity contribution >= 4 is 87.4 Å². The minimum Gasteiger partial charge on any atom is -0.456 e. The fourth-order valence-corrected chi connectivity index (χ4v) is 10.6. The number of rotatable bonds is 5. The summed E-state index contributed by atoms with van der Waals surface area (Å²) in [7, 11) is 0. The molecule has 4 aromatic heterocycles. The first-order valence-corrected chi connectivity index (χ1v) is 21.9. The quantitative estimate of drug-likeness (QED) is 0.170. The van der Waals surface area contributed by atoms with E-state index >= 15 is 0 Å². The second kappa shape index (κ2) is 13.4. The lowest BCUT2D eigenvalue weighted by atomic mass is 9.99. The third kappa shape index (κ3) is 5.05. The first-order chi connectivity index (χ1) is 31.7. The molecule has 0 aliphatic rings. The van der Waals surface area contributed by atoms with Crippen LogP contribution in [0.5, 0.6) is 0 Å². The molecule has 64 heavy (non-hydrogen) atoms. The normalized spacial score (nSPS) is 12.1. The van der Waals surface area contributed by atoms with Crippen molar-refractivity contribution in [2.45, 2.75) is 0 Å². The summed E-state index contributed by atoms with van der Waals surface area (Å²) in [6.45, 7) is 0. The average Bonchev–Trinajstić information content (AvgIpc) is 4.10. The summed E-state index contributed by atoms with van der Waals surface area (Å²) in [6, 6.07) is 81.5. The highest BCUT2D eigenvalue weighted by molar-refractivity contribution is 6.16. The highest BCUT2D eigenvalue weighted by Gasteiger charge is 2.21. The predicted octanol–water partition coefficient (Wildman–Crippen LogP) is 16.2. The number of nitrogens with zero attached hydrogens (tertiary/aromatic N) is 3. The van der Waals surface area contributed by atoms with E-state index in [0.29, 0.717) is 0 Å². The maximum atomic E-state index is 6.63. The monoisotopic (exact) mass is 815 g/mol. The van der Waals surface area contributed by atoms with E-state index < -0.39 is 0 Å². The van der Waals surface area contributed by atoms with Crippen LogP contribution in [-0.4, -0.2) is 13.7 Å². The van der Waals surface area contributed by atoms with Crippen LogP contribution >= 0.6 is 0 Å². The summed E-state index contributed by atoms with van der Waals surface area (Å²) in [6.07, 6.45) is 0. The van der Waals surface area contributed by atoms with E-state index in [1.807, 2.05) is 0 Å². The Morgan fingerprint density at radius 3 is 1.39 bits per heavy atom. The second-order valence-electron chi connectivity index (χ2n) is 16.9. The van der Waals surface area contributed by atoms with Gasteiger partial charge in [0.05, 0.1) is 44.2 Å². The Bertz CT molecular complexity index is 4130. The number of aromatic nitrogens is 3. The molecule has 0 aliphatic carbocycles. The molecular weight excluding hydrogens is 779 g/mol. The summed E-state index contributed by atoms with van der Waals surface area (Å²) in [5.74, 6) is 0. The smallest absolute Gasteiger partial charge is 0.137 e. The van der Waals surface area contributed by atoms with E-state index in [0.717, 1.165) is 55.6 Å². The van der Waals surface area contributed by atoms with Gasteiger partial charge in [0.1, 0.15) is 11.2 Å². The topological polar surface area (TPSA) is 27.9 Å². The van der Waals surface area contributed by atoms with Gasteiger partial charge in [0.25, 0.3) is 0 Å². The summed E-state index contributed by atoms with van der Waals surface area (Å²) < 4.78 is 13.9. The van der Waals surface area contributed by atoms with E-state index in [1.54, 1.807) is 0 Å². The number of hydrogen-bond acceptors (Lipinski definition) is 1. The van der Waals surface area contributed by atoms with Gasteiger partial charge in [-0.25, -0.2) is 0 Å². The van der Waals surface area contributed by atoms with Gasteiger partial charge < -0.3 is 18.1 Å². The summed E-state index contributed by atoms with van der Waals surface area (Å²) in [4.78, 5) is 0. The van der Waals surface area contributed by atoms with Crippen molar-refractivity contribution < 1.29 is 4.42 Å². The molecule has 0 amide bonds. The zero-order valence-electron chi connectivity index (χ0n) is 34.6. The second-order valence-corrected chi connectivity index (χ2v) is 16.9. The van der Waals surface area contributed by atoms with Gasteiger partial charge in [-0.15, -0.1) is 0 Å². The summed E-state index contributed by atoms with van der Waals surface area (Å²) >= 11 is 0. The Kier molecular flexibility index (Phi) is 7.36. The van der Waals surface area contributed by atoms with Gasteiger partial charge >= 0.3 is 0 Å². The Morgan fingerprint density at radius 1 is 0.250 bits per heavy atom. The number of fused-ring (bicyclic) bond motifs is 12. The standard InChI is InChI=1S/C60H37N3O/c1-2-13-38(14-3-1)39-25-27-40(28-26-39)41-29-34-58-50(35-41)60-56(23-12-24-59(60)64-58)63-54-22-11-6-17-46(54)48-32-30-43(37-57(48)63)62-53-21-10-7-18-47(53)49-36-42(31-33-55(49)62)61-51-19-8-4-15-44(51)45-16-5-9-20-52(45)61/h1-37H. The van der Waals surface area contributed by atoms with Gasteiger partial charge in [-0.2, -0.15) is 0 Å². The molecule has 0 unspecified atom stereocenters. The highest BCUT2D eigenvalue weighted by Crippen LogP contribution is 2.42. The number of para-hydroxylation sites is 4. The SMILES string of the molecule is c1ccc(-c2ccc(-c3ccc4oc5cccc(-n6c7ccccc7c7ccc(-n8c9ccccc9c9cc(-n%10c%11ccccc%11c%11ccccc%11%10)ccc98)cc76)c5c4c3)cc2)cc1. The molecule has 10 aromatic carbocycles. The molecule has 0 N–H and O–H groups in total. The van der Waals surface area contributed by atoms with Crippen molar-refractivity contribution in [3.63, 3.8) is 0 Å². The van der Waals surface area contributed by atoms with Crippen LogP contribution in [0.25, 0.3) is 127 Å². The average molecular weight is 816 g/mol. The van der Waals surface area contributed by atoms with Crippen LogP contribution in [0.4, 0.5) is 0 Å². The zero-order valence-corrected chi connectivity index (χ0v) is 34.6. The molecule has 298 valence electrons. The fraction of sp³-hybridized carbons (Fsp3) is 0. The van der Waals surface area contributed by atoms with E-state index in [-0.39, 0.29) is 0 Å². The molecule has 0 bridgehead atoms. The van der Waals surface area contributed by atoms with Crippen molar-refractivity contribution in [2.24, 2.45) is 0 Å². The van der Waals surface area contributed by atoms with Crippen LogP contribution in [-0.2, 0) is 0 Å². The van der Waals surface area contributed by atoms with Gasteiger partial charge in [0, 0.05) is 49.1 Å². The van der Waals surface area contributed by atoms with Gasteiger partial charge in [-0.1, -0.05) is 146 Å². The first kappa shape index (κ1) is 35.0. The molecule has 4 heterocycles. The minimum atomic E-state index is 0.868. The molecule has 0 saturated carbocycles. The van der Waals surface area contributed by atoms with Crippen LogP contribution in [0.3, 0.4) is 0 Å². The van der Waals surface area contributed by atoms with Crippen molar-refractivity contribution in [1.29, 1.82) is 0 Å². The molecule has 0 fully saturated rings. The van der Waals surface area contributed by atoms with E-state index in [1.165, 1.54) is 71.1 Å². The third-order valence-corrected chi connectivity index (χ3v) is 13.4. The summed E-state index contributed by atoms with van der Waals surface area (Å²) in [5, 5.41) is 9.58. The lowest BCUT2D eigenvalue weighted by Crippen LogP contribution is -1.98. The molecular formula is C60H37N3O. The van der Waals surface area contributed by atoms with Gasteiger partial charge in [-0.05, 0) is 101 Å². The number of hydrogen-bond donors (Lipinski definition) is 0. The van der Waals surface area contributed by atoms with Crippen LogP contribution in [0.15, 0.2) is 229 Å². The van der Waals surface area contributed by atoms with Crippen LogP contribution in [0.1, 0.15) is 0 Å². The Labute approximate surface area is 367 Å². The van der Waals surface area contributed by atoms with Crippen LogP contribution < -0.4 is 0 Å². The first-order valence-electron chi connectivity index (χ1n) is 21.9. The van der Waals surface area contributed by atoms with E-state index in [2.05, 4.69) is 238 Å². The van der Waals surface area contributed by atoms with Crippen molar-refractivity contribution in [1.82, 2.24) is 13.7 Å². The predicted molar refractivity (Wildman–Crippen MR) is 268 cm³/mol. The van der Waals surface area contributed by atoms with Gasteiger partial charge in [-0.3, -0.25) is 0 Å². The van der Waals surface area contributed by atoms with Crippen LogP contribution in [0, 0.1) is 0 Å². The summed E-state index contributed by atoms with van der Waals surface area (Å²) in [5.41, 5.74) is 16.9. The van der Waals surface area contributed by atoms with Crippen molar-refractivity contribution in [3.05, 3.63) is 224 Å². The van der Waals surface area contributed by atoms with Crippen LogP contribution in [0.2, 0.25) is 0 Å². The number of benzene rings is 10. The maximum absolute atomic E-state index is 6.63. The van der Waals surface area contributed by atoms with Gasteiger partial charge in [0.2, 0.25) is 0 Å². The number of furan rings is 1. The zero-order chi connectivity index (χ0) is 41.9. The highest BCUT2D eigenvalue weighted by atomic mass is 16.3. The van der Waals surface area contributed by atoms with Crippen molar-refractivity contribution in [2.75, 3.05) is 0 Å². The molecule has 0 saturated heterocycles. The molecule has 0 radical (unpaired) electrons.